The highest BCUT2D eigenvalue weighted by Crippen LogP contribution is 2.33. The topological polar surface area (TPSA) is 79.4 Å². The summed E-state index contributed by atoms with van der Waals surface area (Å²) in [7, 11) is 0. The summed E-state index contributed by atoms with van der Waals surface area (Å²) >= 11 is 0. The summed E-state index contributed by atoms with van der Waals surface area (Å²) in [4.78, 5) is 32.3. The van der Waals surface area contributed by atoms with Crippen molar-refractivity contribution in [2.75, 3.05) is 19.8 Å². The van der Waals surface area contributed by atoms with Crippen LogP contribution in [0.3, 0.4) is 0 Å². The molecule has 3 heterocycles. The van der Waals surface area contributed by atoms with Crippen LogP contribution in [0.25, 0.3) is 11.0 Å². The van der Waals surface area contributed by atoms with Gasteiger partial charge >= 0.3 is 0 Å². The van der Waals surface area contributed by atoms with E-state index < -0.39 is 5.54 Å². The minimum absolute atomic E-state index is 0.0380. The smallest absolute Gasteiger partial charge is 0.271 e. The first-order chi connectivity index (χ1) is 14.9. The van der Waals surface area contributed by atoms with Crippen LogP contribution in [-0.4, -0.2) is 57.6 Å². The maximum absolute atomic E-state index is 13.7. The number of aromatic amines is 1. The third kappa shape index (κ3) is 4.25. The van der Waals surface area contributed by atoms with E-state index in [1.807, 2.05) is 31.4 Å². The second-order valence-corrected chi connectivity index (χ2v) is 9.31. The zero-order valence-corrected chi connectivity index (χ0v) is 19.1. The number of amides is 2. The zero-order chi connectivity index (χ0) is 22.0. The molecule has 1 unspecified atom stereocenters. The molecule has 7 heteroatoms. The lowest BCUT2D eigenvalue weighted by molar-refractivity contribution is -0.133. The van der Waals surface area contributed by atoms with Crippen LogP contribution in [0.1, 0.15) is 75.0 Å². The number of nitrogens with one attached hydrogen (secondary N) is 2. The van der Waals surface area contributed by atoms with Crippen LogP contribution in [0, 0.1) is 6.92 Å². The Balaban J connectivity index is 1.63. The van der Waals surface area contributed by atoms with E-state index in [4.69, 9.17) is 4.74 Å². The van der Waals surface area contributed by atoms with E-state index >= 15 is 0 Å². The molecule has 1 fully saturated rings. The summed E-state index contributed by atoms with van der Waals surface area (Å²) in [6.07, 6.45) is 7.55. The van der Waals surface area contributed by atoms with Gasteiger partial charge in [-0.05, 0) is 52.2 Å². The average Bonchev–Trinajstić information content (AvgIpc) is 3.13. The Morgan fingerprint density at radius 1 is 1.26 bits per heavy atom. The molecule has 0 radical (unpaired) electrons. The van der Waals surface area contributed by atoms with Gasteiger partial charge in [-0.1, -0.05) is 25.7 Å². The minimum Gasteiger partial charge on any atom is -0.382 e. The Kier molecular flexibility index (Phi) is 6.42. The summed E-state index contributed by atoms with van der Waals surface area (Å²) in [5.41, 5.74) is 2.71. The summed E-state index contributed by atoms with van der Waals surface area (Å²) < 4.78 is 7.51. The van der Waals surface area contributed by atoms with Crippen LogP contribution in [0.15, 0.2) is 12.1 Å². The minimum atomic E-state index is -0.931. The molecule has 2 N–H and O–H groups in total. The summed E-state index contributed by atoms with van der Waals surface area (Å²) in [6.45, 7) is 8.10. The fourth-order valence-electron chi connectivity index (χ4n) is 5.15. The van der Waals surface area contributed by atoms with Gasteiger partial charge in [-0.2, -0.15) is 0 Å². The van der Waals surface area contributed by atoms with Gasteiger partial charge in [-0.15, -0.1) is 0 Å². The fraction of sp³-hybridized carbons (Fsp3) is 0.667. The quantitative estimate of drug-likeness (QED) is 0.521. The first-order valence-electron chi connectivity index (χ1n) is 11.8. The molecule has 2 aromatic heterocycles. The lowest BCUT2D eigenvalue weighted by Crippen LogP contribution is -2.65. The average molecular weight is 429 g/mol. The Morgan fingerprint density at radius 2 is 2.00 bits per heavy atom. The number of aryl methyl sites for hydroxylation is 1. The van der Waals surface area contributed by atoms with Gasteiger partial charge in [0.1, 0.15) is 11.2 Å². The number of nitrogens with zero attached hydrogens (tertiary/aromatic N) is 2. The van der Waals surface area contributed by atoms with Gasteiger partial charge < -0.3 is 24.5 Å². The number of aromatic nitrogens is 2. The standard InChI is InChI=1S/C24H36N4O3/c1-4-31-13-9-12-28-22(29)21-15-19-20(14-17(2)25-19)27(21)16-24(28,3)23(30)26-18-10-7-5-6-8-11-18/h14-15,18,25H,4-13,16H2,1-3H3,(H,26,30). The molecule has 0 saturated heterocycles. The molecule has 0 aromatic carbocycles. The van der Waals surface area contributed by atoms with Crippen molar-refractivity contribution in [3.05, 3.63) is 23.5 Å². The van der Waals surface area contributed by atoms with E-state index in [9.17, 15) is 9.59 Å². The maximum atomic E-state index is 13.7. The molecule has 31 heavy (non-hydrogen) atoms. The van der Waals surface area contributed by atoms with Gasteiger partial charge in [-0.25, -0.2) is 0 Å². The van der Waals surface area contributed by atoms with Crippen molar-refractivity contribution in [2.45, 2.75) is 83.8 Å². The normalized spacial score (nSPS) is 22.5. The SMILES string of the molecule is CCOCCCN1C(=O)c2cc3[nH]c(C)cc3n2CC1(C)C(=O)NC1CCCCCC1. The first kappa shape index (κ1) is 21.9. The van der Waals surface area contributed by atoms with Gasteiger partial charge in [0.05, 0.1) is 17.6 Å². The van der Waals surface area contributed by atoms with Crippen molar-refractivity contribution in [1.29, 1.82) is 0 Å². The van der Waals surface area contributed by atoms with Crippen molar-refractivity contribution >= 4 is 22.8 Å². The molecule has 0 spiro atoms. The van der Waals surface area contributed by atoms with Gasteiger partial charge in [0.25, 0.3) is 5.91 Å². The van der Waals surface area contributed by atoms with E-state index in [2.05, 4.69) is 16.4 Å². The van der Waals surface area contributed by atoms with E-state index in [1.165, 1.54) is 12.8 Å². The van der Waals surface area contributed by atoms with Gasteiger partial charge in [0, 0.05) is 31.5 Å². The molecule has 2 amide bonds. The number of carbonyl (C=O) groups is 2. The van der Waals surface area contributed by atoms with Crippen LogP contribution in [-0.2, 0) is 16.1 Å². The van der Waals surface area contributed by atoms with Crippen molar-refractivity contribution < 1.29 is 14.3 Å². The largest absolute Gasteiger partial charge is 0.382 e. The Morgan fingerprint density at radius 3 is 2.71 bits per heavy atom. The first-order valence-corrected chi connectivity index (χ1v) is 11.8. The highest BCUT2D eigenvalue weighted by molar-refractivity contribution is 6.03. The van der Waals surface area contributed by atoms with E-state index in [0.29, 0.717) is 38.4 Å². The summed E-state index contributed by atoms with van der Waals surface area (Å²) in [6, 6.07) is 4.18. The van der Waals surface area contributed by atoms with E-state index in [1.54, 1.807) is 4.90 Å². The van der Waals surface area contributed by atoms with E-state index in [0.717, 1.165) is 42.4 Å². The van der Waals surface area contributed by atoms with Crippen LogP contribution < -0.4 is 5.32 Å². The Bertz CT molecular complexity index is 938. The fourth-order valence-corrected chi connectivity index (χ4v) is 5.15. The van der Waals surface area contributed by atoms with E-state index in [-0.39, 0.29) is 17.9 Å². The second-order valence-electron chi connectivity index (χ2n) is 9.31. The molecule has 0 bridgehead atoms. The van der Waals surface area contributed by atoms with Crippen LogP contribution in [0.5, 0.6) is 0 Å². The number of rotatable bonds is 7. The van der Waals surface area contributed by atoms with Crippen LogP contribution >= 0.6 is 0 Å². The van der Waals surface area contributed by atoms with Crippen LogP contribution in [0.2, 0.25) is 0 Å². The molecule has 1 atom stereocenters. The zero-order valence-electron chi connectivity index (χ0n) is 19.1. The highest BCUT2D eigenvalue weighted by atomic mass is 16.5. The third-order valence-electron chi connectivity index (χ3n) is 6.90. The molecule has 1 aliphatic heterocycles. The molecule has 1 aliphatic carbocycles. The number of H-pyrrole nitrogens is 1. The van der Waals surface area contributed by atoms with Crippen molar-refractivity contribution in [2.24, 2.45) is 0 Å². The van der Waals surface area contributed by atoms with Gasteiger partial charge in [-0.3, -0.25) is 9.59 Å². The maximum Gasteiger partial charge on any atom is 0.271 e. The summed E-state index contributed by atoms with van der Waals surface area (Å²) in [5.74, 6) is -0.118. The van der Waals surface area contributed by atoms with Crippen molar-refractivity contribution in [1.82, 2.24) is 19.8 Å². The number of carbonyl (C=O) groups excluding carboxylic acids is 2. The number of hydrogen-bond acceptors (Lipinski definition) is 3. The number of ether oxygens (including phenoxy) is 1. The van der Waals surface area contributed by atoms with Crippen LogP contribution in [0.4, 0.5) is 0 Å². The lowest BCUT2D eigenvalue weighted by Gasteiger charge is -2.44. The molecular formula is C24H36N4O3. The third-order valence-corrected chi connectivity index (χ3v) is 6.90. The molecule has 2 aromatic rings. The molecule has 170 valence electrons. The Hall–Kier alpha value is -2.28. The molecule has 4 rings (SSSR count). The molecular weight excluding hydrogens is 392 g/mol. The molecule has 2 aliphatic rings. The van der Waals surface area contributed by atoms with Gasteiger partial charge in [0.15, 0.2) is 0 Å². The van der Waals surface area contributed by atoms with Crippen molar-refractivity contribution in [3.63, 3.8) is 0 Å². The predicted molar refractivity (Wildman–Crippen MR) is 121 cm³/mol. The molecule has 7 nitrogen and oxygen atoms in total. The predicted octanol–water partition coefficient (Wildman–Crippen LogP) is 3.76. The molecule has 1 saturated carbocycles. The second kappa shape index (κ2) is 9.07. The highest BCUT2D eigenvalue weighted by Gasteiger charge is 2.48. The van der Waals surface area contributed by atoms with Gasteiger partial charge in [0.2, 0.25) is 5.91 Å². The number of fused-ring (bicyclic) bond motifs is 3. The lowest BCUT2D eigenvalue weighted by atomic mass is 9.93. The Labute approximate surface area is 184 Å². The van der Waals surface area contributed by atoms with Crippen molar-refractivity contribution in [3.8, 4) is 0 Å². The summed E-state index contributed by atoms with van der Waals surface area (Å²) in [5, 5.41) is 3.31. The monoisotopic (exact) mass is 428 g/mol. The number of hydrogen-bond donors (Lipinski definition) is 2.